The lowest BCUT2D eigenvalue weighted by atomic mass is 10.1. The zero-order chi connectivity index (χ0) is 13.9. The molecular formula is C11H13ClN2O4. The van der Waals surface area contributed by atoms with Crippen molar-refractivity contribution in [2.75, 3.05) is 12.4 Å². The van der Waals surface area contributed by atoms with Crippen LogP contribution in [0.3, 0.4) is 0 Å². The summed E-state index contributed by atoms with van der Waals surface area (Å²) in [5.41, 5.74) is -1.25. The summed E-state index contributed by atoms with van der Waals surface area (Å²) in [6.45, 7) is 3.12. The average Bonchev–Trinajstić information content (AvgIpc) is 2.31. The number of rotatable bonds is 4. The second kappa shape index (κ2) is 5.32. The molecule has 0 spiro atoms. The molecule has 0 aliphatic rings. The minimum absolute atomic E-state index is 0.0829. The van der Waals surface area contributed by atoms with Crippen molar-refractivity contribution in [1.82, 2.24) is 0 Å². The second-order valence-corrected chi connectivity index (χ2v) is 4.52. The van der Waals surface area contributed by atoms with E-state index in [1.807, 2.05) is 0 Å². The molecule has 7 heteroatoms. The van der Waals surface area contributed by atoms with E-state index >= 15 is 0 Å². The molecule has 0 saturated heterocycles. The number of amides is 1. The number of anilines is 1. The minimum atomic E-state index is -1.08. The average molecular weight is 273 g/mol. The third-order valence-corrected chi connectivity index (χ3v) is 2.70. The van der Waals surface area contributed by atoms with Crippen molar-refractivity contribution < 1.29 is 14.5 Å². The number of methoxy groups -OCH3 is 1. The first-order valence-electron chi connectivity index (χ1n) is 5.08. The molecule has 0 atom stereocenters. The Balaban J connectivity index is 3.05. The summed E-state index contributed by atoms with van der Waals surface area (Å²) in [4.78, 5) is 22.1. The van der Waals surface area contributed by atoms with Crippen LogP contribution in [0.15, 0.2) is 18.2 Å². The topological polar surface area (TPSA) is 81.5 Å². The summed E-state index contributed by atoms with van der Waals surface area (Å²) in [6.07, 6.45) is 0. The van der Waals surface area contributed by atoms with Crippen LogP contribution >= 0.6 is 11.6 Å². The maximum absolute atomic E-state index is 11.8. The molecule has 0 aliphatic heterocycles. The van der Waals surface area contributed by atoms with Gasteiger partial charge in [0.15, 0.2) is 0 Å². The first kappa shape index (κ1) is 14.4. The van der Waals surface area contributed by atoms with Crippen molar-refractivity contribution in [3.63, 3.8) is 0 Å². The Morgan fingerprint density at radius 2 is 2.11 bits per heavy atom. The molecule has 6 nitrogen and oxygen atoms in total. The molecule has 1 N–H and O–H groups in total. The van der Waals surface area contributed by atoms with E-state index in [4.69, 9.17) is 16.3 Å². The highest BCUT2D eigenvalue weighted by molar-refractivity contribution is 6.31. The first-order chi connectivity index (χ1) is 8.27. The van der Waals surface area contributed by atoms with Gasteiger partial charge in [0.25, 0.3) is 11.6 Å². The number of ether oxygens (including phenoxy) is 1. The Bertz CT molecular complexity index is 488. The summed E-state index contributed by atoms with van der Waals surface area (Å²) in [5.74, 6) is -0.476. The van der Waals surface area contributed by atoms with Crippen LogP contribution in [0.1, 0.15) is 13.8 Å². The normalized spacial score (nSPS) is 11.1. The summed E-state index contributed by atoms with van der Waals surface area (Å²) >= 11 is 5.67. The van der Waals surface area contributed by atoms with Gasteiger partial charge in [-0.25, -0.2) is 0 Å². The largest absolute Gasteiger partial charge is 0.369 e. The van der Waals surface area contributed by atoms with Gasteiger partial charge < -0.3 is 10.1 Å². The third-order valence-electron chi connectivity index (χ3n) is 2.46. The van der Waals surface area contributed by atoms with Crippen molar-refractivity contribution in [2.45, 2.75) is 19.4 Å². The number of carbonyl (C=O) groups excluding carboxylic acids is 1. The number of nitrogens with one attached hydrogen (secondary N) is 1. The standard InChI is InChI=1S/C11H13ClN2O4/c1-11(2,18-3)10(15)13-8-5-4-7(12)6-9(8)14(16)17/h4-6H,1-3H3,(H,13,15). The fraction of sp³-hybridized carbons (Fsp3) is 0.364. The van der Waals surface area contributed by atoms with Crippen molar-refractivity contribution in [3.8, 4) is 0 Å². The Hall–Kier alpha value is -1.66. The van der Waals surface area contributed by atoms with Gasteiger partial charge in [0.05, 0.1) is 4.92 Å². The first-order valence-corrected chi connectivity index (χ1v) is 5.46. The van der Waals surface area contributed by atoms with Gasteiger partial charge in [0.1, 0.15) is 11.3 Å². The number of hydrogen-bond donors (Lipinski definition) is 1. The number of halogens is 1. The summed E-state index contributed by atoms with van der Waals surface area (Å²) in [5, 5.41) is 13.5. The van der Waals surface area contributed by atoms with E-state index in [1.54, 1.807) is 13.8 Å². The molecule has 1 aromatic carbocycles. The molecule has 0 aliphatic carbocycles. The van der Waals surface area contributed by atoms with Crippen LogP contribution in [0, 0.1) is 10.1 Å². The highest BCUT2D eigenvalue weighted by atomic mass is 35.5. The van der Waals surface area contributed by atoms with Crippen LogP contribution < -0.4 is 5.32 Å². The van der Waals surface area contributed by atoms with Gasteiger partial charge >= 0.3 is 0 Å². The molecular weight excluding hydrogens is 260 g/mol. The lowest BCUT2D eigenvalue weighted by molar-refractivity contribution is -0.383. The van der Waals surface area contributed by atoms with Crippen molar-refractivity contribution in [1.29, 1.82) is 0 Å². The monoisotopic (exact) mass is 272 g/mol. The Morgan fingerprint density at radius 1 is 1.50 bits per heavy atom. The molecule has 98 valence electrons. The highest BCUT2D eigenvalue weighted by Gasteiger charge is 2.29. The maximum Gasteiger partial charge on any atom is 0.294 e. The molecule has 0 fully saturated rings. The molecule has 0 unspecified atom stereocenters. The Morgan fingerprint density at radius 3 is 2.61 bits per heavy atom. The zero-order valence-corrected chi connectivity index (χ0v) is 10.9. The summed E-state index contributed by atoms with van der Waals surface area (Å²) in [6, 6.07) is 4.02. The molecule has 1 amide bonds. The Labute approximate surface area is 109 Å². The van der Waals surface area contributed by atoms with E-state index in [1.165, 1.54) is 25.3 Å². The van der Waals surface area contributed by atoms with Gasteiger partial charge in [-0.05, 0) is 26.0 Å². The minimum Gasteiger partial charge on any atom is -0.369 e. The summed E-state index contributed by atoms with van der Waals surface area (Å²) in [7, 11) is 1.38. The lowest BCUT2D eigenvalue weighted by Gasteiger charge is -2.21. The molecule has 0 heterocycles. The van der Waals surface area contributed by atoms with Crippen LogP contribution in [0.25, 0.3) is 0 Å². The van der Waals surface area contributed by atoms with Gasteiger partial charge in [-0.1, -0.05) is 11.6 Å². The van der Waals surface area contributed by atoms with E-state index in [0.29, 0.717) is 0 Å². The predicted octanol–water partition coefficient (Wildman–Crippen LogP) is 2.61. The molecule has 1 aromatic rings. The number of nitro benzene ring substituents is 1. The second-order valence-electron chi connectivity index (χ2n) is 4.09. The van der Waals surface area contributed by atoms with Gasteiger partial charge in [0, 0.05) is 18.2 Å². The number of nitro groups is 1. The van der Waals surface area contributed by atoms with Gasteiger partial charge in [-0.3, -0.25) is 14.9 Å². The van der Waals surface area contributed by atoms with Crippen LogP contribution in [0.4, 0.5) is 11.4 Å². The van der Waals surface area contributed by atoms with Crippen LogP contribution in [-0.4, -0.2) is 23.5 Å². The maximum atomic E-state index is 11.8. The number of nitrogens with zero attached hydrogens (tertiary/aromatic N) is 1. The molecule has 0 saturated carbocycles. The predicted molar refractivity (Wildman–Crippen MR) is 67.8 cm³/mol. The highest BCUT2D eigenvalue weighted by Crippen LogP contribution is 2.28. The van der Waals surface area contributed by atoms with E-state index in [2.05, 4.69) is 5.32 Å². The SMILES string of the molecule is COC(C)(C)C(=O)Nc1ccc(Cl)cc1[N+](=O)[O-]. The Kier molecular flexibility index (Phi) is 4.26. The van der Waals surface area contributed by atoms with Gasteiger partial charge in [-0.15, -0.1) is 0 Å². The molecule has 18 heavy (non-hydrogen) atoms. The molecule has 1 rings (SSSR count). The zero-order valence-electron chi connectivity index (χ0n) is 10.2. The number of carbonyl (C=O) groups is 1. The van der Waals surface area contributed by atoms with Crippen LogP contribution in [0.5, 0.6) is 0 Å². The van der Waals surface area contributed by atoms with Crippen molar-refractivity contribution in [2.24, 2.45) is 0 Å². The molecule has 0 radical (unpaired) electrons. The van der Waals surface area contributed by atoms with Crippen LogP contribution in [-0.2, 0) is 9.53 Å². The molecule has 0 bridgehead atoms. The van der Waals surface area contributed by atoms with Crippen molar-refractivity contribution in [3.05, 3.63) is 33.3 Å². The third kappa shape index (κ3) is 3.18. The van der Waals surface area contributed by atoms with E-state index in [-0.39, 0.29) is 16.4 Å². The van der Waals surface area contributed by atoms with Crippen molar-refractivity contribution >= 4 is 28.9 Å². The van der Waals surface area contributed by atoms with Gasteiger partial charge in [0.2, 0.25) is 0 Å². The van der Waals surface area contributed by atoms with E-state index < -0.39 is 16.4 Å². The number of hydrogen-bond acceptors (Lipinski definition) is 4. The fourth-order valence-corrected chi connectivity index (χ4v) is 1.29. The van der Waals surface area contributed by atoms with E-state index in [9.17, 15) is 14.9 Å². The molecule has 0 aromatic heterocycles. The lowest BCUT2D eigenvalue weighted by Crippen LogP contribution is -2.38. The van der Waals surface area contributed by atoms with Crippen LogP contribution in [0.2, 0.25) is 5.02 Å². The quantitative estimate of drug-likeness (QED) is 0.675. The smallest absolute Gasteiger partial charge is 0.294 e. The van der Waals surface area contributed by atoms with E-state index in [0.717, 1.165) is 0 Å². The summed E-state index contributed by atoms with van der Waals surface area (Å²) < 4.78 is 4.99. The fourth-order valence-electron chi connectivity index (χ4n) is 1.13. The van der Waals surface area contributed by atoms with Gasteiger partial charge in [-0.2, -0.15) is 0 Å². The number of benzene rings is 1.